The molecule has 1 aromatic heterocycles. The van der Waals surface area contributed by atoms with E-state index in [2.05, 4.69) is 5.32 Å². The van der Waals surface area contributed by atoms with Gasteiger partial charge in [-0.05, 0) is 42.8 Å². The highest BCUT2D eigenvalue weighted by molar-refractivity contribution is 6.39. The molecule has 6 nitrogen and oxygen atoms in total. The van der Waals surface area contributed by atoms with Crippen LogP contribution in [0.1, 0.15) is 11.3 Å². The Bertz CT molecular complexity index is 848. The van der Waals surface area contributed by atoms with Crippen molar-refractivity contribution in [2.75, 3.05) is 4.90 Å². The predicted octanol–water partition coefficient (Wildman–Crippen LogP) is 2.00. The second-order valence-corrected chi connectivity index (χ2v) is 5.34. The molecule has 2 heterocycles. The van der Waals surface area contributed by atoms with Crippen molar-refractivity contribution in [3.63, 3.8) is 0 Å². The average molecular weight is 309 g/mol. The zero-order valence-electron chi connectivity index (χ0n) is 12.7. The van der Waals surface area contributed by atoms with Crippen molar-refractivity contribution in [3.8, 4) is 0 Å². The zero-order chi connectivity index (χ0) is 16.6. The number of nitrogens with zero attached hydrogens (tertiary/aromatic N) is 2. The Morgan fingerprint density at radius 2 is 1.87 bits per heavy atom. The Morgan fingerprint density at radius 3 is 2.52 bits per heavy atom. The molecule has 116 valence electrons. The maximum absolute atomic E-state index is 12.7. The van der Waals surface area contributed by atoms with Crippen LogP contribution in [0.4, 0.5) is 10.5 Å². The van der Waals surface area contributed by atoms with Crippen molar-refractivity contribution >= 4 is 29.6 Å². The van der Waals surface area contributed by atoms with Crippen LogP contribution < -0.4 is 10.2 Å². The summed E-state index contributed by atoms with van der Waals surface area (Å²) in [6.07, 6.45) is 3.29. The van der Waals surface area contributed by atoms with E-state index in [1.165, 1.54) is 6.08 Å². The standard InChI is InChI=1S/C17H15N3O3/c1-11-5-3-6-13(9-11)20-16(22)14(15(21)18-17(20)23)10-12-7-4-8-19(12)2/h3-10H,1-2H3,(H,18,21,23)/b14-10+. The molecule has 6 heteroatoms. The molecule has 1 N–H and O–H groups in total. The molecule has 1 saturated heterocycles. The number of nitrogens with one attached hydrogen (secondary N) is 1. The van der Waals surface area contributed by atoms with Crippen molar-refractivity contribution in [3.05, 3.63) is 59.4 Å². The van der Waals surface area contributed by atoms with Gasteiger partial charge in [0.1, 0.15) is 5.57 Å². The lowest BCUT2D eigenvalue weighted by atomic mass is 10.1. The maximum atomic E-state index is 12.7. The summed E-state index contributed by atoms with van der Waals surface area (Å²) in [6.45, 7) is 1.86. The number of aromatic nitrogens is 1. The lowest BCUT2D eigenvalue weighted by molar-refractivity contribution is -0.122. The molecule has 0 aliphatic carbocycles. The van der Waals surface area contributed by atoms with Gasteiger partial charge in [0.05, 0.1) is 5.69 Å². The van der Waals surface area contributed by atoms with Crippen molar-refractivity contribution in [1.29, 1.82) is 0 Å². The summed E-state index contributed by atoms with van der Waals surface area (Å²) in [5.74, 6) is -1.32. The van der Waals surface area contributed by atoms with Crippen molar-refractivity contribution in [2.24, 2.45) is 7.05 Å². The molecule has 0 spiro atoms. The SMILES string of the molecule is Cc1cccc(N2C(=O)NC(=O)/C(=C\c3cccn3C)C2=O)c1. The minimum Gasteiger partial charge on any atom is -0.351 e. The highest BCUT2D eigenvalue weighted by atomic mass is 16.2. The van der Waals surface area contributed by atoms with Crippen LogP contribution in [-0.4, -0.2) is 22.4 Å². The minimum atomic E-state index is -0.741. The summed E-state index contributed by atoms with van der Waals surface area (Å²) in [4.78, 5) is 37.8. The maximum Gasteiger partial charge on any atom is 0.335 e. The number of aryl methyl sites for hydroxylation is 2. The predicted molar refractivity (Wildman–Crippen MR) is 85.6 cm³/mol. The first-order valence-electron chi connectivity index (χ1n) is 7.07. The fourth-order valence-electron chi connectivity index (χ4n) is 2.43. The normalized spacial score (nSPS) is 16.9. The molecular weight excluding hydrogens is 294 g/mol. The molecule has 0 atom stereocenters. The fraction of sp³-hybridized carbons (Fsp3) is 0.118. The second-order valence-electron chi connectivity index (χ2n) is 5.34. The summed E-state index contributed by atoms with van der Waals surface area (Å²) in [5, 5.41) is 2.21. The Morgan fingerprint density at radius 1 is 1.09 bits per heavy atom. The highest BCUT2D eigenvalue weighted by Gasteiger charge is 2.36. The van der Waals surface area contributed by atoms with Gasteiger partial charge in [-0.25, -0.2) is 9.69 Å². The summed E-state index contributed by atoms with van der Waals surface area (Å²) in [5.41, 5.74) is 1.96. The van der Waals surface area contributed by atoms with Crippen LogP contribution in [0.15, 0.2) is 48.2 Å². The topological polar surface area (TPSA) is 71.4 Å². The number of urea groups is 1. The number of carbonyl (C=O) groups excluding carboxylic acids is 3. The first-order valence-corrected chi connectivity index (χ1v) is 7.07. The molecule has 1 aromatic carbocycles. The van der Waals surface area contributed by atoms with Gasteiger partial charge in [-0.2, -0.15) is 0 Å². The molecule has 2 aromatic rings. The Kier molecular flexibility index (Phi) is 3.57. The summed E-state index contributed by atoms with van der Waals surface area (Å²) < 4.78 is 1.78. The van der Waals surface area contributed by atoms with E-state index in [1.807, 2.05) is 13.0 Å². The minimum absolute atomic E-state index is 0.0760. The van der Waals surface area contributed by atoms with Crippen LogP contribution in [0, 0.1) is 6.92 Å². The molecule has 0 saturated carbocycles. The van der Waals surface area contributed by atoms with E-state index in [0.717, 1.165) is 10.5 Å². The quantitative estimate of drug-likeness (QED) is 0.681. The molecule has 0 radical (unpaired) electrons. The lowest BCUT2D eigenvalue weighted by Crippen LogP contribution is -2.54. The number of hydrogen-bond acceptors (Lipinski definition) is 3. The highest BCUT2D eigenvalue weighted by Crippen LogP contribution is 2.22. The van der Waals surface area contributed by atoms with Crippen LogP contribution in [-0.2, 0) is 16.6 Å². The number of barbiturate groups is 1. The van der Waals surface area contributed by atoms with E-state index >= 15 is 0 Å². The molecule has 3 rings (SSSR count). The van der Waals surface area contributed by atoms with Gasteiger partial charge in [-0.3, -0.25) is 14.9 Å². The van der Waals surface area contributed by atoms with Gasteiger partial charge in [0.25, 0.3) is 11.8 Å². The van der Waals surface area contributed by atoms with Gasteiger partial charge in [0, 0.05) is 18.9 Å². The Balaban J connectivity index is 2.04. The first kappa shape index (κ1) is 14.8. The van der Waals surface area contributed by atoms with Gasteiger partial charge in [0.2, 0.25) is 0 Å². The third-order valence-electron chi connectivity index (χ3n) is 3.64. The van der Waals surface area contributed by atoms with Gasteiger partial charge < -0.3 is 4.57 Å². The van der Waals surface area contributed by atoms with Crippen LogP contribution in [0.5, 0.6) is 0 Å². The molecule has 1 aliphatic heterocycles. The van der Waals surface area contributed by atoms with E-state index in [1.54, 1.807) is 48.1 Å². The molecule has 0 bridgehead atoms. The number of rotatable bonds is 2. The van der Waals surface area contributed by atoms with Crippen molar-refractivity contribution < 1.29 is 14.4 Å². The van der Waals surface area contributed by atoms with Gasteiger partial charge in [-0.1, -0.05) is 12.1 Å². The largest absolute Gasteiger partial charge is 0.351 e. The van der Waals surface area contributed by atoms with E-state index < -0.39 is 17.8 Å². The molecular formula is C17H15N3O3. The number of benzene rings is 1. The van der Waals surface area contributed by atoms with Crippen LogP contribution in [0.3, 0.4) is 0 Å². The van der Waals surface area contributed by atoms with E-state index in [-0.39, 0.29) is 5.57 Å². The number of imide groups is 2. The summed E-state index contributed by atoms with van der Waals surface area (Å²) in [6, 6.07) is 9.83. The Hall–Kier alpha value is -3.15. The smallest absolute Gasteiger partial charge is 0.335 e. The van der Waals surface area contributed by atoms with E-state index in [4.69, 9.17) is 0 Å². The second kappa shape index (κ2) is 5.57. The molecule has 0 unspecified atom stereocenters. The molecule has 1 aliphatic rings. The molecule has 23 heavy (non-hydrogen) atoms. The molecule has 1 fully saturated rings. The number of anilines is 1. The summed E-state index contributed by atoms with van der Waals surface area (Å²) >= 11 is 0. The number of hydrogen-bond donors (Lipinski definition) is 1. The van der Waals surface area contributed by atoms with E-state index in [9.17, 15) is 14.4 Å². The zero-order valence-corrected chi connectivity index (χ0v) is 12.7. The number of amides is 4. The van der Waals surface area contributed by atoms with Crippen LogP contribution in [0.25, 0.3) is 6.08 Å². The van der Waals surface area contributed by atoms with Crippen molar-refractivity contribution in [2.45, 2.75) is 6.92 Å². The van der Waals surface area contributed by atoms with Gasteiger partial charge in [0.15, 0.2) is 0 Å². The monoisotopic (exact) mass is 309 g/mol. The average Bonchev–Trinajstić information content (AvgIpc) is 2.88. The fourth-order valence-corrected chi connectivity index (χ4v) is 2.43. The molecule has 4 amide bonds. The number of carbonyl (C=O) groups is 3. The van der Waals surface area contributed by atoms with Gasteiger partial charge in [-0.15, -0.1) is 0 Å². The lowest BCUT2D eigenvalue weighted by Gasteiger charge is -2.26. The van der Waals surface area contributed by atoms with E-state index in [0.29, 0.717) is 11.4 Å². The third-order valence-corrected chi connectivity index (χ3v) is 3.64. The first-order chi connectivity index (χ1) is 11.0. The third kappa shape index (κ3) is 2.66. The van der Waals surface area contributed by atoms with Crippen LogP contribution >= 0.6 is 0 Å². The van der Waals surface area contributed by atoms with Gasteiger partial charge >= 0.3 is 6.03 Å². The Labute approximate surface area is 133 Å². The summed E-state index contributed by atoms with van der Waals surface area (Å²) in [7, 11) is 1.81. The van der Waals surface area contributed by atoms with Crippen LogP contribution in [0.2, 0.25) is 0 Å². The van der Waals surface area contributed by atoms with Crippen molar-refractivity contribution in [1.82, 2.24) is 9.88 Å².